The zero-order chi connectivity index (χ0) is 20.4. The number of fused-ring (bicyclic) bond motifs is 1. The minimum atomic E-state index is -0.152. The Labute approximate surface area is 174 Å². The first-order valence-corrected chi connectivity index (χ1v) is 10.2. The molecule has 0 radical (unpaired) electrons. The highest BCUT2D eigenvalue weighted by molar-refractivity contribution is 6.32. The minimum Gasteiger partial charge on any atom is -0.497 e. The fourth-order valence-electron chi connectivity index (χ4n) is 4.28. The van der Waals surface area contributed by atoms with E-state index in [9.17, 15) is 4.79 Å². The molecule has 0 bridgehead atoms. The minimum absolute atomic E-state index is 0.0351. The second-order valence-electron chi connectivity index (χ2n) is 7.71. The van der Waals surface area contributed by atoms with Gasteiger partial charge in [0.2, 0.25) is 0 Å². The lowest BCUT2D eigenvalue weighted by Gasteiger charge is -2.40. The largest absolute Gasteiger partial charge is 0.497 e. The van der Waals surface area contributed by atoms with Gasteiger partial charge < -0.3 is 20.2 Å². The zero-order valence-corrected chi connectivity index (χ0v) is 17.2. The molecule has 0 saturated heterocycles. The van der Waals surface area contributed by atoms with Gasteiger partial charge in [-0.15, -0.1) is 0 Å². The van der Waals surface area contributed by atoms with Crippen molar-refractivity contribution in [3.05, 3.63) is 69.6 Å². The molecular weight excluding hydrogens is 388 g/mol. The van der Waals surface area contributed by atoms with Crippen molar-refractivity contribution >= 4 is 22.4 Å². The molecule has 0 aliphatic heterocycles. The van der Waals surface area contributed by atoms with Crippen molar-refractivity contribution in [2.45, 2.75) is 37.2 Å². The van der Waals surface area contributed by atoms with E-state index in [0.717, 1.165) is 36.8 Å². The Bertz CT molecular complexity index is 1050. The average molecular weight is 413 g/mol. The maximum Gasteiger partial charge on any atom is 0.255 e. The molecule has 1 saturated carbocycles. The van der Waals surface area contributed by atoms with Gasteiger partial charge in [-0.05, 0) is 67.0 Å². The number of benzene rings is 2. The second-order valence-corrected chi connectivity index (χ2v) is 8.11. The molecule has 1 aliphatic rings. The third kappa shape index (κ3) is 3.85. The number of methoxy groups -OCH3 is 1. The smallest absolute Gasteiger partial charge is 0.255 e. The van der Waals surface area contributed by atoms with Crippen LogP contribution in [0.25, 0.3) is 10.8 Å². The molecule has 0 unspecified atom stereocenters. The van der Waals surface area contributed by atoms with Crippen molar-refractivity contribution in [2.24, 2.45) is 5.73 Å². The number of ether oxygens (including phenoxy) is 2. The number of H-pyrrole nitrogens is 1. The first-order chi connectivity index (χ1) is 14.0. The van der Waals surface area contributed by atoms with E-state index in [1.807, 2.05) is 24.3 Å². The zero-order valence-electron chi connectivity index (χ0n) is 16.4. The molecule has 0 amide bonds. The highest BCUT2D eigenvalue weighted by atomic mass is 35.5. The van der Waals surface area contributed by atoms with Crippen molar-refractivity contribution in [2.75, 3.05) is 13.7 Å². The standard InChI is InChI=1S/C23H25ClN2O3/c1-28-17-4-2-16(3-5-17)23(14-25)9-6-18(7-10-23)29-21-12-15-8-11-26-22(27)19(15)13-20(21)24/h2-5,8,11-13,18H,6-7,9-10,14,25H2,1H3,(H,26,27). The number of pyridine rings is 1. The van der Waals surface area contributed by atoms with E-state index >= 15 is 0 Å². The molecule has 2 aromatic carbocycles. The van der Waals surface area contributed by atoms with Crippen LogP contribution in [0.1, 0.15) is 31.2 Å². The Morgan fingerprint density at radius 1 is 1.17 bits per heavy atom. The summed E-state index contributed by atoms with van der Waals surface area (Å²) in [4.78, 5) is 14.6. The molecule has 0 spiro atoms. The van der Waals surface area contributed by atoms with Gasteiger partial charge in [-0.2, -0.15) is 0 Å². The van der Waals surface area contributed by atoms with Crippen LogP contribution < -0.4 is 20.8 Å². The van der Waals surface area contributed by atoms with E-state index < -0.39 is 0 Å². The van der Waals surface area contributed by atoms with Gasteiger partial charge >= 0.3 is 0 Å². The molecule has 5 nitrogen and oxygen atoms in total. The molecule has 4 rings (SSSR count). The molecule has 1 aromatic heterocycles. The summed E-state index contributed by atoms with van der Waals surface area (Å²) in [6.07, 6.45) is 5.40. The molecule has 152 valence electrons. The highest BCUT2D eigenvalue weighted by Crippen LogP contribution is 2.41. The molecule has 1 fully saturated rings. The van der Waals surface area contributed by atoms with E-state index in [0.29, 0.717) is 22.7 Å². The molecular formula is C23H25ClN2O3. The van der Waals surface area contributed by atoms with Crippen molar-refractivity contribution in [1.82, 2.24) is 4.98 Å². The van der Waals surface area contributed by atoms with Gasteiger partial charge in [0.05, 0.1) is 18.2 Å². The Morgan fingerprint density at radius 3 is 2.55 bits per heavy atom. The number of hydrogen-bond donors (Lipinski definition) is 2. The Morgan fingerprint density at radius 2 is 1.90 bits per heavy atom. The third-order valence-corrected chi connectivity index (χ3v) is 6.40. The predicted molar refractivity (Wildman–Crippen MR) is 116 cm³/mol. The van der Waals surface area contributed by atoms with Crippen LogP contribution in [-0.2, 0) is 5.41 Å². The summed E-state index contributed by atoms with van der Waals surface area (Å²) in [5.41, 5.74) is 7.28. The van der Waals surface area contributed by atoms with E-state index in [1.54, 1.807) is 19.4 Å². The Hall–Kier alpha value is -2.50. The highest BCUT2D eigenvalue weighted by Gasteiger charge is 2.36. The van der Waals surface area contributed by atoms with Crippen LogP contribution in [0.15, 0.2) is 53.5 Å². The first-order valence-electron chi connectivity index (χ1n) is 9.87. The van der Waals surface area contributed by atoms with Gasteiger partial charge in [0.15, 0.2) is 0 Å². The van der Waals surface area contributed by atoms with E-state index in [4.69, 9.17) is 26.8 Å². The SMILES string of the molecule is COc1ccc(C2(CN)CCC(Oc3cc4cc[nH]c(=O)c4cc3Cl)CC2)cc1. The summed E-state index contributed by atoms with van der Waals surface area (Å²) in [5, 5.41) is 1.84. The lowest BCUT2D eigenvalue weighted by atomic mass is 9.68. The third-order valence-electron chi connectivity index (χ3n) is 6.10. The average Bonchev–Trinajstić information content (AvgIpc) is 2.76. The van der Waals surface area contributed by atoms with Crippen LogP contribution in [0.2, 0.25) is 5.02 Å². The van der Waals surface area contributed by atoms with Gasteiger partial charge in [0, 0.05) is 23.5 Å². The molecule has 0 atom stereocenters. The molecule has 29 heavy (non-hydrogen) atoms. The maximum absolute atomic E-state index is 11.9. The second kappa shape index (κ2) is 8.09. The maximum atomic E-state index is 11.9. The summed E-state index contributed by atoms with van der Waals surface area (Å²) in [5.74, 6) is 1.47. The Kier molecular flexibility index (Phi) is 5.52. The monoisotopic (exact) mass is 412 g/mol. The molecule has 3 aromatic rings. The van der Waals surface area contributed by atoms with Crippen molar-refractivity contribution in [1.29, 1.82) is 0 Å². The quantitative estimate of drug-likeness (QED) is 0.650. The number of hydrogen-bond acceptors (Lipinski definition) is 4. The Balaban J connectivity index is 1.50. The molecule has 1 aliphatic carbocycles. The predicted octanol–water partition coefficient (Wildman–Crippen LogP) is 4.41. The van der Waals surface area contributed by atoms with Gasteiger partial charge in [-0.25, -0.2) is 0 Å². The number of rotatable bonds is 5. The summed E-state index contributed by atoms with van der Waals surface area (Å²) in [6.45, 7) is 0.603. The van der Waals surface area contributed by atoms with Crippen LogP contribution in [0.5, 0.6) is 11.5 Å². The van der Waals surface area contributed by atoms with Crippen LogP contribution in [0, 0.1) is 0 Å². The van der Waals surface area contributed by atoms with E-state index in [-0.39, 0.29) is 17.1 Å². The number of aromatic nitrogens is 1. The van der Waals surface area contributed by atoms with Gasteiger partial charge in [0.1, 0.15) is 11.5 Å². The number of nitrogens with one attached hydrogen (secondary N) is 1. The van der Waals surface area contributed by atoms with Crippen LogP contribution in [-0.4, -0.2) is 24.7 Å². The van der Waals surface area contributed by atoms with Crippen molar-refractivity contribution in [3.63, 3.8) is 0 Å². The van der Waals surface area contributed by atoms with Crippen LogP contribution in [0.3, 0.4) is 0 Å². The number of nitrogens with two attached hydrogens (primary N) is 1. The lowest BCUT2D eigenvalue weighted by Crippen LogP contribution is -2.41. The fraction of sp³-hybridized carbons (Fsp3) is 0.348. The summed E-state index contributed by atoms with van der Waals surface area (Å²) in [7, 11) is 1.67. The lowest BCUT2D eigenvalue weighted by molar-refractivity contribution is 0.118. The van der Waals surface area contributed by atoms with E-state index in [2.05, 4.69) is 17.1 Å². The number of halogens is 1. The van der Waals surface area contributed by atoms with Crippen LogP contribution >= 0.6 is 11.6 Å². The van der Waals surface area contributed by atoms with Crippen molar-refractivity contribution < 1.29 is 9.47 Å². The first kappa shape index (κ1) is 19.8. The summed E-state index contributed by atoms with van der Waals surface area (Å²) in [6, 6.07) is 13.6. The van der Waals surface area contributed by atoms with Gasteiger partial charge in [0.25, 0.3) is 5.56 Å². The van der Waals surface area contributed by atoms with Crippen molar-refractivity contribution in [3.8, 4) is 11.5 Å². The summed E-state index contributed by atoms with van der Waals surface area (Å²) < 4.78 is 11.5. The van der Waals surface area contributed by atoms with Gasteiger partial charge in [-0.3, -0.25) is 4.79 Å². The normalized spacial score (nSPS) is 21.8. The number of aromatic amines is 1. The molecule has 3 N–H and O–H groups in total. The van der Waals surface area contributed by atoms with Crippen LogP contribution in [0.4, 0.5) is 0 Å². The summed E-state index contributed by atoms with van der Waals surface area (Å²) >= 11 is 6.39. The topological polar surface area (TPSA) is 77.3 Å². The van der Waals surface area contributed by atoms with Gasteiger partial charge in [-0.1, -0.05) is 23.7 Å². The molecule has 1 heterocycles. The molecule has 6 heteroatoms. The fourth-order valence-corrected chi connectivity index (χ4v) is 4.48. The van der Waals surface area contributed by atoms with E-state index in [1.165, 1.54) is 5.56 Å².